The average molecular weight is 190 g/mol. The molecule has 1 amide bonds. The van der Waals surface area contributed by atoms with E-state index in [-0.39, 0.29) is 25.9 Å². The Hall–Kier alpha value is -0.710. The molecule has 2 fully saturated rings. The summed E-state index contributed by atoms with van der Waals surface area (Å²) in [6.45, 7) is 0.0946. The van der Waals surface area contributed by atoms with Gasteiger partial charge in [0, 0.05) is 6.54 Å². The maximum absolute atomic E-state index is 13.2. The molecule has 0 aromatic heterocycles. The molecule has 1 aliphatic carbocycles. The fraction of sp³-hybridized carbons (Fsp3) is 0.875. The maximum Gasteiger partial charge on any atom is 0.260 e. The van der Waals surface area contributed by atoms with Crippen molar-refractivity contribution < 1.29 is 13.6 Å². The van der Waals surface area contributed by atoms with E-state index in [1.165, 1.54) is 4.90 Å². The number of alkyl halides is 2. The molecule has 1 saturated carbocycles. The van der Waals surface area contributed by atoms with E-state index < -0.39 is 23.8 Å². The van der Waals surface area contributed by atoms with Crippen LogP contribution in [0, 0.1) is 0 Å². The van der Waals surface area contributed by atoms with Crippen molar-refractivity contribution in [3.63, 3.8) is 0 Å². The highest BCUT2D eigenvalue weighted by Gasteiger charge is 2.54. The van der Waals surface area contributed by atoms with Gasteiger partial charge >= 0.3 is 0 Å². The number of nitrogens with zero attached hydrogens (tertiary/aromatic N) is 1. The highest BCUT2D eigenvalue weighted by molar-refractivity contribution is 5.88. The lowest BCUT2D eigenvalue weighted by atomic mass is 10.2. The van der Waals surface area contributed by atoms with Gasteiger partial charge in [0.1, 0.15) is 6.17 Å². The fourth-order valence-electron chi connectivity index (χ4n) is 1.56. The molecule has 2 aliphatic rings. The Bertz CT molecular complexity index is 232. The van der Waals surface area contributed by atoms with Gasteiger partial charge in [-0.15, -0.1) is 0 Å². The van der Waals surface area contributed by atoms with Gasteiger partial charge in [-0.3, -0.25) is 4.79 Å². The first-order chi connectivity index (χ1) is 6.03. The number of hydrogen-bond acceptors (Lipinski definition) is 2. The first-order valence-corrected chi connectivity index (χ1v) is 4.41. The molecule has 1 aliphatic heterocycles. The Morgan fingerprint density at radius 2 is 2.08 bits per heavy atom. The lowest BCUT2D eigenvalue weighted by Crippen LogP contribution is -2.38. The molecule has 0 aromatic rings. The van der Waals surface area contributed by atoms with E-state index >= 15 is 0 Å². The molecule has 3 nitrogen and oxygen atoms in total. The highest BCUT2D eigenvalue weighted by atomic mass is 19.1. The van der Waals surface area contributed by atoms with E-state index in [2.05, 4.69) is 0 Å². The van der Waals surface area contributed by atoms with Crippen LogP contribution in [0.25, 0.3) is 0 Å². The molecular weight excluding hydrogens is 178 g/mol. The normalized spacial score (nSPS) is 36.4. The van der Waals surface area contributed by atoms with E-state index in [0.29, 0.717) is 0 Å². The predicted octanol–water partition coefficient (Wildman–Crippen LogP) is -0.00390. The predicted molar refractivity (Wildman–Crippen MR) is 42.5 cm³/mol. The van der Waals surface area contributed by atoms with Crippen molar-refractivity contribution in [2.75, 3.05) is 13.1 Å². The topological polar surface area (TPSA) is 46.3 Å². The van der Waals surface area contributed by atoms with Gasteiger partial charge in [-0.05, 0) is 12.8 Å². The van der Waals surface area contributed by atoms with E-state index in [9.17, 15) is 13.6 Å². The Morgan fingerprint density at radius 1 is 1.46 bits per heavy atom. The molecule has 5 heteroatoms. The third-order valence-electron chi connectivity index (χ3n) is 2.65. The summed E-state index contributed by atoms with van der Waals surface area (Å²) < 4.78 is 26.1. The Kier molecular flexibility index (Phi) is 1.80. The van der Waals surface area contributed by atoms with Gasteiger partial charge in [0.25, 0.3) is 5.91 Å². The molecule has 2 rings (SSSR count). The van der Waals surface area contributed by atoms with Crippen molar-refractivity contribution in [3.05, 3.63) is 0 Å². The minimum absolute atomic E-state index is 0.0499. The first-order valence-electron chi connectivity index (χ1n) is 4.41. The molecule has 0 spiro atoms. The molecule has 13 heavy (non-hydrogen) atoms. The van der Waals surface area contributed by atoms with Gasteiger partial charge < -0.3 is 10.6 Å². The maximum atomic E-state index is 13.2. The number of carbonyl (C=O) groups is 1. The van der Waals surface area contributed by atoms with E-state index in [4.69, 9.17) is 5.73 Å². The van der Waals surface area contributed by atoms with Crippen LogP contribution >= 0.6 is 0 Å². The molecule has 0 aromatic carbocycles. The van der Waals surface area contributed by atoms with E-state index in [1.54, 1.807) is 0 Å². The summed E-state index contributed by atoms with van der Waals surface area (Å²) in [5, 5.41) is 0. The van der Waals surface area contributed by atoms with Crippen LogP contribution in [-0.2, 0) is 4.79 Å². The second-order valence-electron chi connectivity index (χ2n) is 3.86. The van der Waals surface area contributed by atoms with E-state index in [0.717, 1.165) is 0 Å². The molecule has 1 heterocycles. The zero-order chi connectivity index (χ0) is 9.64. The number of carbonyl (C=O) groups excluding carboxylic acids is 1. The number of amides is 1. The van der Waals surface area contributed by atoms with Crippen LogP contribution in [-0.4, -0.2) is 41.8 Å². The van der Waals surface area contributed by atoms with Gasteiger partial charge in [-0.25, -0.2) is 8.78 Å². The van der Waals surface area contributed by atoms with Crippen LogP contribution in [0.5, 0.6) is 0 Å². The summed E-state index contributed by atoms with van der Waals surface area (Å²) in [6.07, 6.45) is -0.658. The second-order valence-corrected chi connectivity index (χ2v) is 3.86. The molecular formula is C8H12F2N2O. The second kappa shape index (κ2) is 2.64. The van der Waals surface area contributed by atoms with E-state index in [1.807, 2.05) is 0 Å². The lowest BCUT2D eigenvalue weighted by Gasteiger charge is -2.17. The summed E-state index contributed by atoms with van der Waals surface area (Å²) in [7, 11) is 0. The molecule has 0 bridgehead atoms. The van der Waals surface area contributed by atoms with Crippen LogP contribution < -0.4 is 5.73 Å². The average Bonchev–Trinajstić information content (AvgIpc) is 2.74. The fourth-order valence-corrected chi connectivity index (χ4v) is 1.56. The van der Waals surface area contributed by atoms with Gasteiger partial charge in [-0.1, -0.05) is 0 Å². The van der Waals surface area contributed by atoms with Gasteiger partial charge in [-0.2, -0.15) is 0 Å². The molecule has 2 N–H and O–H groups in total. The van der Waals surface area contributed by atoms with Crippen LogP contribution in [0.1, 0.15) is 12.8 Å². The molecule has 2 unspecified atom stereocenters. The monoisotopic (exact) mass is 190 g/mol. The molecule has 1 saturated heterocycles. The highest BCUT2D eigenvalue weighted by Crippen LogP contribution is 2.41. The number of hydrogen-bond donors (Lipinski definition) is 1. The smallest absolute Gasteiger partial charge is 0.260 e. The SMILES string of the molecule is NC1CN(C(=O)C2(F)CC2)CC1F. The minimum atomic E-state index is -1.69. The standard InChI is InChI=1S/C8H12F2N2O/c9-5-3-12(4-6(5)11)7(13)8(10)1-2-8/h5-6H,1-4,11H2. The summed E-state index contributed by atoms with van der Waals surface area (Å²) in [4.78, 5) is 12.5. The van der Waals surface area contributed by atoms with Crippen LogP contribution in [0.3, 0.4) is 0 Å². The van der Waals surface area contributed by atoms with Crippen LogP contribution in [0.15, 0.2) is 0 Å². The Labute approximate surface area is 74.9 Å². The van der Waals surface area contributed by atoms with Crippen molar-refractivity contribution in [2.45, 2.75) is 30.7 Å². The summed E-state index contributed by atoms with van der Waals surface area (Å²) in [6, 6.07) is -0.647. The third kappa shape index (κ3) is 1.41. The molecule has 0 radical (unpaired) electrons. The van der Waals surface area contributed by atoms with Crippen LogP contribution in [0.4, 0.5) is 8.78 Å². The van der Waals surface area contributed by atoms with Gasteiger partial charge in [0.2, 0.25) is 0 Å². The third-order valence-corrected chi connectivity index (χ3v) is 2.65. The Balaban J connectivity index is 1.99. The lowest BCUT2D eigenvalue weighted by molar-refractivity contribution is -0.137. The van der Waals surface area contributed by atoms with Crippen LogP contribution in [0.2, 0.25) is 0 Å². The number of rotatable bonds is 1. The number of halogens is 2. The first kappa shape index (κ1) is 8.87. The zero-order valence-corrected chi connectivity index (χ0v) is 7.17. The van der Waals surface area contributed by atoms with Crippen molar-refractivity contribution in [2.24, 2.45) is 5.73 Å². The summed E-state index contributed by atoms with van der Waals surface area (Å²) in [5.74, 6) is -0.580. The molecule has 74 valence electrons. The number of likely N-dealkylation sites (tertiary alicyclic amines) is 1. The van der Waals surface area contributed by atoms with Crippen molar-refractivity contribution in [1.29, 1.82) is 0 Å². The van der Waals surface area contributed by atoms with Crippen molar-refractivity contribution in [3.8, 4) is 0 Å². The molecule has 2 atom stereocenters. The quantitative estimate of drug-likeness (QED) is 0.632. The zero-order valence-electron chi connectivity index (χ0n) is 7.17. The van der Waals surface area contributed by atoms with Gasteiger partial charge in [0.05, 0.1) is 12.6 Å². The largest absolute Gasteiger partial charge is 0.335 e. The van der Waals surface area contributed by atoms with Gasteiger partial charge in [0.15, 0.2) is 5.67 Å². The van der Waals surface area contributed by atoms with Crippen molar-refractivity contribution >= 4 is 5.91 Å². The van der Waals surface area contributed by atoms with Crippen molar-refractivity contribution in [1.82, 2.24) is 4.90 Å². The minimum Gasteiger partial charge on any atom is -0.335 e. The number of nitrogens with two attached hydrogens (primary N) is 1. The Morgan fingerprint density at radius 3 is 2.46 bits per heavy atom. The summed E-state index contributed by atoms with van der Waals surface area (Å²) in [5.41, 5.74) is 3.69. The summed E-state index contributed by atoms with van der Waals surface area (Å²) >= 11 is 0.